The molecule has 1 saturated heterocycles. The molecule has 0 saturated carbocycles. The van der Waals surface area contributed by atoms with Gasteiger partial charge in [-0.25, -0.2) is 0 Å². The Kier molecular flexibility index (Phi) is 10.2. The molecule has 198 valence electrons. The number of benzene rings is 2. The summed E-state index contributed by atoms with van der Waals surface area (Å²) in [5.41, 5.74) is 0.262. The Labute approximate surface area is 222 Å². The molecular weight excluding hydrogens is 494 g/mol. The summed E-state index contributed by atoms with van der Waals surface area (Å²) < 4.78 is 0. The number of non-ortho nitro benzene ring substituents is 1. The number of rotatable bonds is 13. The van der Waals surface area contributed by atoms with Gasteiger partial charge in [-0.3, -0.25) is 19.7 Å². The minimum absolute atomic E-state index is 0.0922. The summed E-state index contributed by atoms with van der Waals surface area (Å²) in [6, 6.07) is 11.4. The molecule has 0 aromatic heterocycles. The summed E-state index contributed by atoms with van der Waals surface area (Å²) in [5, 5.41) is 22.8. The average Bonchev–Trinajstić information content (AvgIpc) is 3.14. The molecule has 0 radical (unpaired) electrons. The second-order valence-corrected chi connectivity index (χ2v) is 9.63. The van der Waals surface area contributed by atoms with Crippen LogP contribution >= 0.6 is 11.6 Å². The first-order valence-electron chi connectivity index (χ1n) is 12.8. The van der Waals surface area contributed by atoms with Crippen LogP contribution in [0.5, 0.6) is 0 Å². The second-order valence-electron chi connectivity index (χ2n) is 9.22. The number of nitro benzene ring substituents is 1. The molecule has 8 nitrogen and oxygen atoms in total. The van der Waals surface area contributed by atoms with Crippen LogP contribution in [0.15, 0.2) is 54.1 Å². The maximum absolute atomic E-state index is 13.2. The van der Waals surface area contributed by atoms with Gasteiger partial charge < -0.3 is 14.9 Å². The van der Waals surface area contributed by atoms with E-state index in [1.165, 1.54) is 29.2 Å². The topological polar surface area (TPSA) is 104 Å². The highest BCUT2D eigenvalue weighted by molar-refractivity contribution is 6.47. The predicted molar refractivity (Wildman–Crippen MR) is 144 cm³/mol. The lowest BCUT2D eigenvalue weighted by Gasteiger charge is -2.28. The Hall–Kier alpha value is -3.23. The number of carbonyl (C=O) groups excluding carboxylic acids is 2. The van der Waals surface area contributed by atoms with Crippen LogP contribution in [0.3, 0.4) is 0 Å². The molecule has 1 aliphatic rings. The number of nitro groups is 1. The van der Waals surface area contributed by atoms with Crippen molar-refractivity contribution in [1.29, 1.82) is 0 Å². The number of likely N-dealkylation sites (tertiary alicyclic amines) is 1. The molecular formula is C28H34ClN3O5. The second kappa shape index (κ2) is 13.4. The monoisotopic (exact) mass is 527 g/mol. The normalized spacial score (nSPS) is 17.1. The number of amides is 1. The van der Waals surface area contributed by atoms with Crippen molar-refractivity contribution in [2.75, 3.05) is 26.2 Å². The van der Waals surface area contributed by atoms with E-state index >= 15 is 0 Å². The quantitative estimate of drug-likeness (QED) is 0.113. The molecule has 1 fully saturated rings. The summed E-state index contributed by atoms with van der Waals surface area (Å²) in [6.07, 6.45) is 5.04. The van der Waals surface area contributed by atoms with E-state index in [9.17, 15) is 24.8 Å². The summed E-state index contributed by atoms with van der Waals surface area (Å²) in [4.78, 5) is 41.0. The van der Waals surface area contributed by atoms with Gasteiger partial charge in [0.05, 0.1) is 16.5 Å². The van der Waals surface area contributed by atoms with Gasteiger partial charge in [0.2, 0.25) is 0 Å². The van der Waals surface area contributed by atoms with Gasteiger partial charge in [-0.05, 0) is 50.5 Å². The number of nitrogens with zero attached hydrogens (tertiary/aromatic N) is 3. The maximum Gasteiger partial charge on any atom is 0.295 e. The number of hydrogen-bond acceptors (Lipinski definition) is 6. The zero-order chi connectivity index (χ0) is 26.9. The van der Waals surface area contributed by atoms with Crippen LogP contribution in [0.4, 0.5) is 5.69 Å². The lowest BCUT2D eigenvalue weighted by molar-refractivity contribution is -0.384. The fourth-order valence-electron chi connectivity index (χ4n) is 4.62. The molecule has 0 spiro atoms. The van der Waals surface area contributed by atoms with E-state index in [0.29, 0.717) is 23.6 Å². The van der Waals surface area contributed by atoms with Crippen molar-refractivity contribution >= 4 is 34.7 Å². The first-order valence-corrected chi connectivity index (χ1v) is 13.2. The number of Topliss-reactive ketones (excluding diaryl/α,β-unsaturated/α-hetero) is 1. The smallest absolute Gasteiger partial charge is 0.295 e. The van der Waals surface area contributed by atoms with Crippen LogP contribution in [-0.4, -0.2) is 57.7 Å². The van der Waals surface area contributed by atoms with Crippen molar-refractivity contribution in [3.63, 3.8) is 0 Å². The lowest BCUT2D eigenvalue weighted by Crippen LogP contribution is -2.34. The van der Waals surface area contributed by atoms with E-state index < -0.39 is 28.4 Å². The van der Waals surface area contributed by atoms with E-state index in [4.69, 9.17) is 11.6 Å². The number of aliphatic hydroxyl groups is 1. The number of carbonyl (C=O) groups is 2. The SMILES string of the molecule is CCCCN(CCCC)CCCN1C(=O)C(=O)C(=C(O)c2cccc([N+](=O)[O-])c2)[C@H]1c1ccccc1Cl. The molecule has 0 bridgehead atoms. The predicted octanol–water partition coefficient (Wildman–Crippen LogP) is 5.96. The van der Waals surface area contributed by atoms with Crippen molar-refractivity contribution in [3.8, 4) is 0 Å². The summed E-state index contributed by atoms with van der Waals surface area (Å²) in [6.45, 7) is 7.36. The van der Waals surface area contributed by atoms with Crippen LogP contribution in [0.2, 0.25) is 5.02 Å². The first-order chi connectivity index (χ1) is 17.8. The molecule has 1 N–H and O–H groups in total. The van der Waals surface area contributed by atoms with Gasteiger partial charge in [0, 0.05) is 29.3 Å². The molecule has 2 aromatic rings. The zero-order valence-electron chi connectivity index (χ0n) is 21.4. The highest BCUT2D eigenvalue weighted by Crippen LogP contribution is 2.42. The molecule has 9 heteroatoms. The lowest BCUT2D eigenvalue weighted by atomic mass is 9.95. The number of unbranched alkanes of at least 4 members (excludes halogenated alkanes) is 2. The molecule has 37 heavy (non-hydrogen) atoms. The van der Waals surface area contributed by atoms with E-state index in [1.807, 2.05) is 0 Å². The highest BCUT2D eigenvalue weighted by Gasteiger charge is 2.46. The Bertz CT molecular complexity index is 1160. The minimum atomic E-state index is -0.896. The largest absolute Gasteiger partial charge is 0.507 e. The summed E-state index contributed by atoms with van der Waals surface area (Å²) >= 11 is 6.50. The molecule has 1 heterocycles. The van der Waals surface area contributed by atoms with E-state index in [-0.39, 0.29) is 16.8 Å². The fourth-order valence-corrected chi connectivity index (χ4v) is 4.86. The van der Waals surface area contributed by atoms with Crippen molar-refractivity contribution < 1.29 is 19.6 Å². The number of aliphatic hydroxyl groups excluding tert-OH is 1. The van der Waals surface area contributed by atoms with Crippen molar-refractivity contribution in [1.82, 2.24) is 9.80 Å². The van der Waals surface area contributed by atoms with Gasteiger partial charge >= 0.3 is 0 Å². The molecule has 0 unspecified atom stereocenters. The number of ketones is 1. The van der Waals surface area contributed by atoms with Gasteiger partial charge in [-0.15, -0.1) is 0 Å². The fraction of sp³-hybridized carbons (Fsp3) is 0.429. The van der Waals surface area contributed by atoms with E-state index in [2.05, 4.69) is 18.7 Å². The van der Waals surface area contributed by atoms with E-state index in [0.717, 1.165) is 45.3 Å². The molecule has 1 aliphatic heterocycles. The Balaban J connectivity index is 1.97. The Morgan fingerprint density at radius 2 is 1.68 bits per heavy atom. The maximum atomic E-state index is 13.2. The van der Waals surface area contributed by atoms with Gasteiger partial charge in [-0.1, -0.05) is 68.6 Å². The third-order valence-electron chi connectivity index (χ3n) is 6.60. The van der Waals surface area contributed by atoms with Crippen molar-refractivity contribution in [3.05, 3.63) is 80.4 Å². The van der Waals surface area contributed by atoms with Crippen LogP contribution < -0.4 is 0 Å². The van der Waals surface area contributed by atoms with Crippen LogP contribution in [-0.2, 0) is 9.59 Å². The number of halogens is 1. The first kappa shape index (κ1) is 28.3. The highest BCUT2D eigenvalue weighted by atomic mass is 35.5. The zero-order valence-corrected chi connectivity index (χ0v) is 22.1. The molecule has 0 aliphatic carbocycles. The number of hydrogen-bond donors (Lipinski definition) is 1. The van der Waals surface area contributed by atoms with Gasteiger partial charge in [0.25, 0.3) is 17.4 Å². The van der Waals surface area contributed by atoms with Crippen LogP contribution in [0, 0.1) is 10.1 Å². The molecule has 2 aromatic carbocycles. The van der Waals surface area contributed by atoms with Crippen LogP contribution in [0.25, 0.3) is 5.76 Å². The summed E-state index contributed by atoms with van der Waals surface area (Å²) in [7, 11) is 0. The third kappa shape index (κ3) is 6.76. The third-order valence-corrected chi connectivity index (χ3v) is 6.94. The van der Waals surface area contributed by atoms with Crippen LogP contribution in [0.1, 0.15) is 63.1 Å². The minimum Gasteiger partial charge on any atom is -0.507 e. The van der Waals surface area contributed by atoms with Gasteiger partial charge in [0.15, 0.2) is 0 Å². The van der Waals surface area contributed by atoms with Crippen molar-refractivity contribution in [2.45, 2.75) is 52.0 Å². The average molecular weight is 528 g/mol. The Morgan fingerprint density at radius 3 is 2.30 bits per heavy atom. The molecule has 3 rings (SSSR count). The van der Waals surface area contributed by atoms with Gasteiger partial charge in [0.1, 0.15) is 5.76 Å². The molecule has 1 atom stereocenters. The van der Waals surface area contributed by atoms with Gasteiger partial charge in [-0.2, -0.15) is 0 Å². The summed E-state index contributed by atoms with van der Waals surface area (Å²) in [5.74, 6) is -2.00. The standard InChI is InChI=1S/C28H34ClN3O5/c1-3-5-15-30(16-6-4-2)17-10-18-31-25(22-13-7-8-14-23(22)29)24(27(34)28(31)35)26(33)20-11-9-12-21(19-20)32(36)37/h7-9,11-14,19,25,33H,3-6,10,15-18H2,1-2H3/t25-/m1/s1. The Morgan fingerprint density at radius 1 is 1.03 bits per heavy atom. The van der Waals surface area contributed by atoms with E-state index in [1.54, 1.807) is 24.3 Å². The van der Waals surface area contributed by atoms with Crippen molar-refractivity contribution in [2.24, 2.45) is 0 Å². The molecule has 1 amide bonds.